The van der Waals surface area contributed by atoms with E-state index in [1.165, 1.54) is 18.2 Å². The molecule has 0 atom stereocenters. The van der Waals surface area contributed by atoms with Gasteiger partial charge in [0.1, 0.15) is 5.75 Å². The Hall–Kier alpha value is -2.64. The Morgan fingerprint density at radius 1 is 1.31 bits per heavy atom. The molecule has 26 heavy (non-hydrogen) atoms. The smallest absolute Gasteiger partial charge is 0.269 e. The molecule has 0 spiro atoms. The van der Waals surface area contributed by atoms with Gasteiger partial charge in [0, 0.05) is 35.0 Å². The number of nitro groups is 1. The number of nitrogens with one attached hydrogen (secondary N) is 1. The quantitative estimate of drug-likeness (QED) is 0.588. The third-order valence-corrected chi connectivity index (χ3v) is 4.03. The maximum atomic E-state index is 12.3. The minimum Gasteiger partial charge on any atom is -0.496 e. The number of hydrogen-bond acceptors (Lipinski definition) is 5. The van der Waals surface area contributed by atoms with Crippen molar-refractivity contribution in [2.75, 3.05) is 26.0 Å². The van der Waals surface area contributed by atoms with Gasteiger partial charge in [0.15, 0.2) is 0 Å². The molecular weight excluding hydrogens is 358 g/mol. The summed E-state index contributed by atoms with van der Waals surface area (Å²) in [5.74, 6) is 0.485. The number of hydrogen-bond donors (Lipinski definition) is 1. The summed E-state index contributed by atoms with van der Waals surface area (Å²) in [6.07, 6.45) is 0. The Bertz CT molecular complexity index is 826. The molecule has 0 unspecified atom stereocenters. The predicted molar refractivity (Wildman–Crippen MR) is 101 cm³/mol. The van der Waals surface area contributed by atoms with Gasteiger partial charge in [-0.3, -0.25) is 19.8 Å². The minimum atomic E-state index is -0.468. The molecule has 0 heterocycles. The van der Waals surface area contributed by atoms with Gasteiger partial charge in [-0.15, -0.1) is 0 Å². The average molecular weight is 378 g/mol. The van der Waals surface area contributed by atoms with Crippen LogP contribution in [-0.4, -0.2) is 36.4 Å². The van der Waals surface area contributed by atoms with Crippen molar-refractivity contribution in [1.29, 1.82) is 0 Å². The molecule has 0 aliphatic carbocycles. The number of aryl methyl sites for hydroxylation is 1. The number of carbonyl (C=O) groups is 1. The first kappa shape index (κ1) is 19.7. The molecule has 0 aliphatic rings. The van der Waals surface area contributed by atoms with Gasteiger partial charge in [-0.2, -0.15) is 0 Å². The van der Waals surface area contributed by atoms with Crippen LogP contribution in [0.25, 0.3) is 0 Å². The van der Waals surface area contributed by atoms with Crippen molar-refractivity contribution in [3.63, 3.8) is 0 Å². The minimum absolute atomic E-state index is 0.00864. The maximum Gasteiger partial charge on any atom is 0.269 e. The SMILES string of the molecule is COc1ccc(Cl)cc1CN(C)CC(=O)Nc1ccc([N+](=O)[O-])cc1C. The summed E-state index contributed by atoms with van der Waals surface area (Å²) in [6, 6.07) is 9.65. The van der Waals surface area contributed by atoms with Gasteiger partial charge < -0.3 is 10.1 Å². The molecule has 1 N–H and O–H groups in total. The van der Waals surface area contributed by atoms with Crippen LogP contribution >= 0.6 is 11.6 Å². The van der Waals surface area contributed by atoms with Crippen LogP contribution in [0.1, 0.15) is 11.1 Å². The lowest BCUT2D eigenvalue weighted by Gasteiger charge is -2.18. The van der Waals surface area contributed by atoms with Crippen LogP contribution in [0, 0.1) is 17.0 Å². The summed E-state index contributed by atoms with van der Waals surface area (Å²) in [5, 5.41) is 14.1. The number of nitro benzene ring substituents is 1. The summed E-state index contributed by atoms with van der Waals surface area (Å²) in [6.45, 7) is 2.34. The predicted octanol–water partition coefficient (Wildman–Crippen LogP) is 3.64. The Kier molecular flexibility index (Phi) is 6.54. The molecular formula is C18H20ClN3O4. The van der Waals surface area contributed by atoms with Gasteiger partial charge in [-0.1, -0.05) is 11.6 Å². The van der Waals surface area contributed by atoms with E-state index in [0.717, 1.165) is 5.56 Å². The van der Waals surface area contributed by atoms with Crippen LogP contribution in [0.5, 0.6) is 5.75 Å². The number of non-ortho nitro benzene ring substituents is 1. The topological polar surface area (TPSA) is 84.7 Å². The number of nitrogens with zero attached hydrogens (tertiary/aromatic N) is 2. The molecule has 8 heteroatoms. The summed E-state index contributed by atoms with van der Waals surface area (Å²) >= 11 is 6.02. The highest BCUT2D eigenvalue weighted by molar-refractivity contribution is 6.30. The van der Waals surface area contributed by atoms with Gasteiger partial charge in [-0.05, 0) is 43.8 Å². The molecule has 0 saturated carbocycles. The normalized spacial score (nSPS) is 10.7. The number of methoxy groups -OCH3 is 1. The van der Waals surface area contributed by atoms with Crippen molar-refractivity contribution in [3.05, 3.63) is 62.7 Å². The average Bonchev–Trinajstić information content (AvgIpc) is 2.56. The van der Waals surface area contributed by atoms with E-state index in [-0.39, 0.29) is 18.1 Å². The fraction of sp³-hybridized carbons (Fsp3) is 0.278. The van der Waals surface area contributed by atoms with E-state index >= 15 is 0 Å². The lowest BCUT2D eigenvalue weighted by atomic mass is 10.1. The number of benzene rings is 2. The second-order valence-electron chi connectivity index (χ2n) is 5.93. The van der Waals surface area contributed by atoms with Crippen LogP contribution in [0.4, 0.5) is 11.4 Å². The molecule has 0 saturated heterocycles. The standard InChI is InChI=1S/C18H20ClN3O4/c1-12-8-15(22(24)25)5-6-16(12)20-18(23)11-21(2)10-13-9-14(19)4-7-17(13)26-3/h4-9H,10-11H2,1-3H3,(H,20,23). The van der Waals surface area contributed by atoms with Crippen molar-refractivity contribution in [1.82, 2.24) is 4.90 Å². The van der Waals surface area contributed by atoms with Crippen molar-refractivity contribution in [2.45, 2.75) is 13.5 Å². The van der Waals surface area contributed by atoms with E-state index in [2.05, 4.69) is 5.32 Å². The molecule has 0 radical (unpaired) electrons. The van der Waals surface area contributed by atoms with Crippen LogP contribution in [0.2, 0.25) is 5.02 Å². The second-order valence-corrected chi connectivity index (χ2v) is 6.37. The molecule has 0 aromatic heterocycles. The number of likely N-dealkylation sites (N-methyl/N-ethyl adjacent to an activating group) is 1. The third kappa shape index (κ3) is 5.18. The van der Waals surface area contributed by atoms with Crippen LogP contribution in [0.3, 0.4) is 0 Å². The summed E-state index contributed by atoms with van der Waals surface area (Å²) in [5.41, 5.74) is 2.05. The van der Waals surface area contributed by atoms with E-state index in [4.69, 9.17) is 16.3 Å². The van der Waals surface area contributed by atoms with Crippen molar-refractivity contribution < 1.29 is 14.5 Å². The molecule has 2 aromatic carbocycles. The number of carbonyl (C=O) groups excluding carboxylic acids is 1. The molecule has 2 aromatic rings. The molecule has 0 fully saturated rings. The molecule has 138 valence electrons. The largest absolute Gasteiger partial charge is 0.496 e. The van der Waals surface area contributed by atoms with Crippen LogP contribution in [0.15, 0.2) is 36.4 Å². The third-order valence-electron chi connectivity index (χ3n) is 3.79. The Labute approximate surface area is 156 Å². The van der Waals surface area contributed by atoms with E-state index in [0.29, 0.717) is 28.6 Å². The van der Waals surface area contributed by atoms with Gasteiger partial charge >= 0.3 is 0 Å². The lowest BCUT2D eigenvalue weighted by molar-refractivity contribution is -0.384. The van der Waals surface area contributed by atoms with E-state index < -0.39 is 4.92 Å². The van der Waals surface area contributed by atoms with E-state index in [1.807, 2.05) is 11.9 Å². The number of ether oxygens (including phenoxy) is 1. The zero-order valence-corrected chi connectivity index (χ0v) is 15.5. The highest BCUT2D eigenvalue weighted by Crippen LogP contribution is 2.24. The molecule has 7 nitrogen and oxygen atoms in total. The highest BCUT2D eigenvalue weighted by Gasteiger charge is 2.13. The highest BCUT2D eigenvalue weighted by atomic mass is 35.5. The Morgan fingerprint density at radius 2 is 2.04 bits per heavy atom. The fourth-order valence-corrected chi connectivity index (χ4v) is 2.75. The monoisotopic (exact) mass is 377 g/mol. The summed E-state index contributed by atoms with van der Waals surface area (Å²) in [7, 11) is 3.39. The van der Waals surface area contributed by atoms with E-state index in [1.54, 1.807) is 32.2 Å². The first-order chi connectivity index (χ1) is 12.3. The summed E-state index contributed by atoms with van der Waals surface area (Å²) < 4.78 is 5.31. The van der Waals surface area contributed by atoms with Crippen molar-refractivity contribution >= 4 is 28.9 Å². The molecule has 0 aliphatic heterocycles. The molecule has 0 bridgehead atoms. The maximum absolute atomic E-state index is 12.3. The Morgan fingerprint density at radius 3 is 2.65 bits per heavy atom. The van der Waals surface area contributed by atoms with Crippen molar-refractivity contribution in [2.24, 2.45) is 0 Å². The first-order valence-electron chi connectivity index (χ1n) is 7.86. The number of anilines is 1. The van der Waals surface area contributed by atoms with Gasteiger partial charge in [0.25, 0.3) is 5.69 Å². The van der Waals surface area contributed by atoms with Crippen molar-refractivity contribution in [3.8, 4) is 5.75 Å². The van der Waals surface area contributed by atoms with Gasteiger partial charge in [0.2, 0.25) is 5.91 Å². The van der Waals surface area contributed by atoms with E-state index in [9.17, 15) is 14.9 Å². The second kappa shape index (κ2) is 8.64. The number of amides is 1. The molecule has 1 amide bonds. The number of rotatable bonds is 7. The lowest BCUT2D eigenvalue weighted by Crippen LogP contribution is -2.30. The number of halogens is 1. The fourth-order valence-electron chi connectivity index (χ4n) is 2.55. The van der Waals surface area contributed by atoms with Gasteiger partial charge in [-0.25, -0.2) is 0 Å². The molecule has 2 rings (SSSR count). The zero-order chi connectivity index (χ0) is 19.3. The van der Waals surface area contributed by atoms with Crippen LogP contribution < -0.4 is 10.1 Å². The zero-order valence-electron chi connectivity index (χ0n) is 14.8. The summed E-state index contributed by atoms with van der Waals surface area (Å²) in [4.78, 5) is 24.4. The van der Waals surface area contributed by atoms with Gasteiger partial charge in [0.05, 0.1) is 18.6 Å². The first-order valence-corrected chi connectivity index (χ1v) is 8.24. The Balaban J connectivity index is 1.99. The van der Waals surface area contributed by atoms with Crippen LogP contribution in [-0.2, 0) is 11.3 Å².